The van der Waals surface area contributed by atoms with Gasteiger partial charge in [-0.1, -0.05) is 6.42 Å². The van der Waals surface area contributed by atoms with E-state index in [1.165, 1.54) is 0 Å². The van der Waals surface area contributed by atoms with Crippen molar-refractivity contribution in [3.05, 3.63) is 0 Å². The fourth-order valence-electron chi connectivity index (χ4n) is 1.07. The smallest absolute Gasteiger partial charge is 0.306 e. The summed E-state index contributed by atoms with van der Waals surface area (Å²) < 4.78 is 4.68. The van der Waals surface area contributed by atoms with Gasteiger partial charge >= 0.3 is 5.97 Å². The summed E-state index contributed by atoms with van der Waals surface area (Å²) in [6.45, 7) is 0.565. The molecule has 0 spiro atoms. The Kier molecular flexibility index (Phi) is 3.57. The maximum atomic E-state index is 10.9. The molecule has 0 aromatic carbocycles. The highest BCUT2D eigenvalue weighted by atomic mass is 16.5. The third-order valence-corrected chi connectivity index (χ3v) is 1.74. The van der Waals surface area contributed by atoms with Gasteiger partial charge in [-0.3, -0.25) is 9.59 Å². The summed E-state index contributed by atoms with van der Waals surface area (Å²) in [5.74, 6) is -0.475. The van der Waals surface area contributed by atoms with Crippen LogP contribution in [0.15, 0.2) is 0 Å². The van der Waals surface area contributed by atoms with Crippen molar-refractivity contribution in [1.29, 1.82) is 0 Å². The first-order valence-corrected chi connectivity index (χ1v) is 4.21. The Balaban J connectivity index is 2.32. The number of cyclic esters (lactones) is 1. The van der Waals surface area contributed by atoms with E-state index in [4.69, 9.17) is 0 Å². The third kappa shape index (κ3) is 3.37. The van der Waals surface area contributed by atoms with Crippen LogP contribution in [0, 0.1) is 0 Å². The molecule has 1 aliphatic rings. The van der Waals surface area contributed by atoms with Crippen molar-refractivity contribution < 1.29 is 14.3 Å². The highest BCUT2D eigenvalue weighted by Gasteiger charge is 2.08. The minimum Gasteiger partial charge on any atom is -0.456 e. The molecule has 1 aliphatic heterocycles. The van der Waals surface area contributed by atoms with Crippen molar-refractivity contribution in [3.8, 4) is 0 Å². The quantitative estimate of drug-likeness (QED) is 0.530. The van der Waals surface area contributed by atoms with Crippen LogP contribution in [-0.2, 0) is 14.3 Å². The molecular weight excluding hydrogens is 158 g/mol. The maximum absolute atomic E-state index is 10.9. The standard InChI is InChI=1S/C8H13NO3/c10-7-6-12-8(11)4-2-1-3-5-9-7/h1-6H2,(H,9,10). The van der Waals surface area contributed by atoms with Gasteiger partial charge in [-0.15, -0.1) is 0 Å². The fourth-order valence-corrected chi connectivity index (χ4v) is 1.07. The molecule has 1 saturated heterocycles. The van der Waals surface area contributed by atoms with Crippen LogP contribution in [0.5, 0.6) is 0 Å². The van der Waals surface area contributed by atoms with E-state index in [2.05, 4.69) is 10.1 Å². The predicted molar refractivity (Wildman–Crippen MR) is 42.4 cm³/mol. The Labute approximate surface area is 71.3 Å². The average Bonchev–Trinajstić information content (AvgIpc) is 2.07. The van der Waals surface area contributed by atoms with E-state index in [1.807, 2.05) is 0 Å². The molecule has 1 fully saturated rings. The van der Waals surface area contributed by atoms with Crippen LogP contribution in [0.2, 0.25) is 0 Å². The van der Waals surface area contributed by atoms with Gasteiger partial charge in [0.1, 0.15) is 0 Å². The molecule has 0 saturated carbocycles. The molecule has 0 radical (unpaired) electrons. The first-order valence-electron chi connectivity index (χ1n) is 4.21. The molecule has 68 valence electrons. The van der Waals surface area contributed by atoms with Crippen LogP contribution in [-0.4, -0.2) is 25.0 Å². The van der Waals surface area contributed by atoms with E-state index in [-0.39, 0.29) is 18.5 Å². The van der Waals surface area contributed by atoms with E-state index in [0.717, 1.165) is 19.3 Å². The maximum Gasteiger partial charge on any atom is 0.306 e. The van der Waals surface area contributed by atoms with Crippen molar-refractivity contribution in [1.82, 2.24) is 5.32 Å². The lowest BCUT2D eigenvalue weighted by Gasteiger charge is -2.08. The number of carbonyl (C=O) groups excluding carboxylic acids is 2. The van der Waals surface area contributed by atoms with Gasteiger partial charge < -0.3 is 10.1 Å². The molecule has 0 unspecified atom stereocenters. The summed E-state index contributed by atoms with van der Waals surface area (Å²) in [4.78, 5) is 21.7. The van der Waals surface area contributed by atoms with E-state index < -0.39 is 0 Å². The van der Waals surface area contributed by atoms with Gasteiger partial charge in [0.25, 0.3) is 5.91 Å². The van der Waals surface area contributed by atoms with Gasteiger partial charge in [0, 0.05) is 13.0 Å². The van der Waals surface area contributed by atoms with E-state index in [0.29, 0.717) is 13.0 Å². The van der Waals surface area contributed by atoms with Gasteiger partial charge in [-0.25, -0.2) is 0 Å². The predicted octanol–water partition coefficient (Wildman–Crippen LogP) is 0.220. The molecular formula is C8H13NO3. The van der Waals surface area contributed by atoms with Crippen LogP contribution in [0.25, 0.3) is 0 Å². The van der Waals surface area contributed by atoms with Crippen molar-refractivity contribution in [2.24, 2.45) is 0 Å². The summed E-state index contributed by atoms with van der Waals surface area (Å²) in [5, 5.41) is 2.66. The monoisotopic (exact) mass is 171 g/mol. The molecule has 4 heteroatoms. The minimum absolute atomic E-state index is 0.126. The molecule has 12 heavy (non-hydrogen) atoms. The summed E-state index contributed by atoms with van der Waals surface area (Å²) in [6.07, 6.45) is 3.20. The highest BCUT2D eigenvalue weighted by Crippen LogP contribution is 2.01. The lowest BCUT2D eigenvalue weighted by atomic mass is 10.2. The Morgan fingerprint density at radius 1 is 1.17 bits per heavy atom. The number of amides is 1. The fraction of sp³-hybridized carbons (Fsp3) is 0.750. The van der Waals surface area contributed by atoms with Crippen LogP contribution < -0.4 is 5.32 Å². The average molecular weight is 171 g/mol. The number of ether oxygens (including phenoxy) is 1. The molecule has 0 aromatic rings. The molecule has 1 N–H and O–H groups in total. The second kappa shape index (κ2) is 4.74. The lowest BCUT2D eigenvalue weighted by molar-refractivity contribution is -0.148. The zero-order chi connectivity index (χ0) is 8.81. The summed E-state index contributed by atoms with van der Waals surface area (Å²) in [6, 6.07) is 0. The van der Waals surface area contributed by atoms with Gasteiger partial charge in [0.15, 0.2) is 6.61 Å². The van der Waals surface area contributed by atoms with Crippen LogP contribution in [0.3, 0.4) is 0 Å². The van der Waals surface area contributed by atoms with E-state index in [1.54, 1.807) is 0 Å². The largest absolute Gasteiger partial charge is 0.456 e. The zero-order valence-corrected chi connectivity index (χ0v) is 6.97. The molecule has 4 nitrogen and oxygen atoms in total. The van der Waals surface area contributed by atoms with E-state index >= 15 is 0 Å². The summed E-state index contributed by atoms with van der Waals surface area (Å²) in [7, 11) is 0. The second-order valence-electron chi connectivity index (χ2n) is 2.82. The summed E-state index contributed by atoms with van der Waals surface area (Å²) in [5.41, 5.74) is 0. The lowest BCUT2D eigenvalue weighted by Crippen LogP contribution is -2.30. The number of nitrogens with one attached hydrogen (secondary N) is 1. The summed E-state index contributed by atoms with van der Waals surface area (Å²) >= 11 is 0. The van der Waals surface area contributed by atoms with Gasteiger partial charge in [-0.2, -0.15) is 0 Å². The van der Waals surface area contributed by atoms with Crippen LogP contribution in [0.4, 0.5) is 0 Å². The molecule has 1 rings (SSSR count). The first-order chi connectivity index (χ1) is 5.79. The third-order valence-electron chi connectivity index (χ3n) is 1.74. The highest BCUT2D eigenvalue weighted by molar-refractivity contribution is 5.80. The molecule has 1 amide bonds. The number of rotatable bonds is 0. The van der Waals surface area contributed by atoms with Gasteiger partial charge in [-0.05, 0) is 12.8 Å². The molecule has 0 atom stereocenters. The zero-order valence-electron chi connectivity index (χ0n) is 6.97. The SMILES string of the molecule is O=C1COC(=O)CCCCCN1. The Bertz CT molecular complexity index is 159. The van der Waals surface area contributed by atoms with Crippen molar-refractivity contribution in [3.63, 3.8) is 0 Å². The van der Waals surface area contributed by atoms with Gasteiger partial charge in [0.2, 0.25) is 0 Å². The number of hydrogen-bond acceptors (Lipinski definition) is 3. The van der Waals surface area contributed by atoms with E-state index in [9.17, 15) is 9.59 Å². The van der Waals surface area contributed by atoms with Gasteiger partial charge in [0.05, 0.1) is 0 Å². The Morgan fingerprint density at radius 3 is 2.83 bits per heavy atom. The number of carbonyl (C=O) groups is 2. The van der Waals surface area contributed by atoms with Crippen molar-refractivity contribution in [2.75, 3.05) is 13.2 Å². The molecule has 1 heterocycles. The second-order valence-corrected chi connectivity index (χ2v) is 2.82. The normalized spacial score (nSPS) is 21.0. The number of hydrogen-bond donors (Lipinski definition) is 1. The molecule has 0 aliphatic carbocycles. The Morgan fingerprint density at radius 2 is 2.00 bits per heavy atom. The number of esters is 1. The van der Waals surface area contributed by atoms with Crippen LogP contribution >= 0.6 is 0 Å². The van der Waals surface area contributed by atoms with Crippen LogP contribution in [0.1, 0.15) is 25.7 Å². The van der Waals surface area contributed by atoms with Crippen molar-refractivity contribution in [2.45, 2.75) is 25.7 Å². The molecule has 0 aromatic heterocycles. The Hall–Kier alpha value is -1.06. The minimum atomic E-state index is -0.271. The van der Waals surface area contributed by atoms with Crippen molar-refractivity contribution >= 4 is 11.9 Å². The topological polar surface area (TPSA) is 55.4 Å². The first kappa shape index (κ1) is 9.03. The molecule has 0 bridgehead atoms.